The Hall–Kier alpha value is -4.34. The molecule has 0 amide bonds. The highest BCUT2D eigenvalue weighted by Gasteiger charge is 2.16. The molecule has 4 heteroatoms. The predicted octanol–water partition coefficient (Wildman–Crippen LogP) is 8.35. The first-order chi connectivity index (χ1) is 17.3. The van der Waals surface area contributed by atoms with Crippen LogP contribution in [0.2, 0.25) is 5.28 Å². The third-order valence-electron chi connectivity index (χ3n) is 6.09. The third-order valence-corrected chi connectivity index (χ3v) is 6.26. The van der Waals surface area contributed by atoms with Gasteiger partial charge in [-0.3, -0.25) is 0 Å². The average Bonchev–Trinajstić information content (AvgIpc) is 2.93. The molecule has 35 heavy (non-hydrogen) atoms. The van der Waals surface area contributed by atoms with Gasteiger partial charge >= 0.3 is 0 Å². The van der Waals surface area contributed by atoms with Gasteiger partial charge in [0.05, 0.1) is 0 Å². The lowest BCUT2D eigenvalue weighted by Crippen LogP contribution is -1.99. The highest BCUT2D eigenvalue weighted by Crippen LogP contribution is 2.37. The van der Waals surface area contributed by atoms with E-state index < -0.39 is 0 Å². The van der Waals surface area contributed by atoms with Crippen molar-refractivity contribution in [2.45, 2.75) is 0 Å². The summed E-state index contributed by atoms with van der Waals surface area (Å²) in [6.07, 6.45) is 0. The van der Waals surface area contributed by atoms with Gasteiger partial charge in [0.2, 0.25) is 5.28 Å². The third kappa shape index (κ3) is 4.18. The minimum atomic E-state index is 0.171. The minimum absolute atomic E-state index is 0.171. The largest absolute Gasteiger partial charge is 0.226 e. The second kappa shape index (κ2) is 9.13. The van der Waals surface area contributed by atoms with Crippen molar-refractivity contribution in [1.82, 2.24) is 15.0 Å². The number of benzene rings is 5. The first-order valence-corrected chi connectivity index (χ1v) is 11.8. The Balaban J connectivity index is 1.49. The Labute approximate surface area is 208 Å². The molecule has 0 unspecified atom stereocenters. The zero-order valence-electron chi connectivity index (χ0n) is 18.8. The minimum Gasteiger partial charge on any atom is -0.208 e. The van der Waals surface area contributed by atoms with Crippen LogP contribution >= 0.6 is 11.6 Å². The van der Waals surface area contributed by atoms with Crippen molar-refractivity contribution >= 4 is 22.4 Å². The maximum Gasteiger partial charge on any atom is 0.226 e. The van der Waals surface area contributed by atoms with E-state index in [0.29, 0.717) is 11.6 Å². The average molecular weight is 470 g/mol. The summed E-state index contributed by atoms with van der Waals surface area (Å²) in [6, 6.07) is 41.3. The molecule has 0 fully saturated rings. The fraction of sp³-hybridized carbons (Fsp3) is 0. The van der Waals surface area contributed by atoms with Crippen molar-refractivity contribution in [3.63, 3.8) is 0 Å². The highest BCUT2D eigenvalue weighted by molar-refractivity contribution is 6.28. The first kappa shape index (κ1) is 21.2. The molecule has 3 nitrogen and oxygen atoms in total. The van der Waals surface area contributed by atoms with Crippen LogP contribution in [0.15, 0.2) is 121 Å². The lowest BCUT2D eigenvalue weighted by atomic mass is 9.93. The summed E-state index contributed by atoms with van der Waals surface area (Å²) >= 11 is 6.43. The maximum atomic E-state index is 6.43. The van der Waals surface area contributed by atoms with Gasteiger partial charge in [-0.1, -0.05) is 115 Å². The zero-order valence-corrected chi connectivity index (χ0v) is 19.5. The number of nitrogens with zero attached hydrogens (tertiary/aromatic N) is 3. The SMILES string of the molecule is Clc1nc(-c2ccc(-c3ccccc3)cc2)nc(-c2ccc3ccccc3c2-c2ccccc2)n1. The van der Waals surface area contributed by atoms with Crippen molar-refractivity contribution in [3.8, 4) is 45.0 Å². The van der Waals surface area contributed by atoms with Crippen LogP contribution in [0.3, 0.4) is 0 Å². The number of hydrogen-bond donors (Lipinski definition) is 0. The van der Waals surface area contributed by atoms with E-state index >= 15 is 0 Å². The van der Waals surface area contributed by atoms with Gasteiger partial charge in [0.25, 0.3) is 0 Å². The number of aromatic nitrogens is 3. The highest BCUT2D eigenvalue weighted by atomic mass is 35.5. The number of halogens is 1. The van der Waals surface area contributed by atoms with Crippen LogP contribution in [0.1, 0.15) is 0 Å². The van der Waals surface area contributed by atoms with Crippen molar-refractivity contribution < 1.29 is 0 Å². The molecule has 0 N–H and O–H groups in total. The lowest BCUT2D eigenvalue weighted by molar-refractivity contribution is 1.07. The van der Waals surface area contributed by atoms with E-state index in [1.165, 1.54) is 0 Å². The quantitative estimate of drug-likeness (QED) is 0.260. The standard InChI is InChI=1S/C31H20ClN3/c32-31-34-29(25-17-15-22(16-18-25)21-9-3-1-4-10-21)33-30(35-31)27-20-19-23-11-7-8-14-26(23)28(27)24-12-5-2-6-13-24/h1-20H. The monoisotopic (exact) mass is 469 g/mol. The van der Waals surface area contributed by atoms with Crippen molar-refractivity contribution in [3.05, 3.63) is 127 Å². The number of hydrogen-bond acceptors (Lipinski definition) is 3. The van der Waals surface area contributed by atoms with Crippen molar-refractivity contribution in [2.24, 2.45) is 0 Å². The van der Waals surface area contributed by atoms with E-state index in [4.69, 9.17) is 16.6 Å². The van der Waals surface area contributed by atoms with Gasteiger partial charge in [0.1, 0.15) is 0 Å². The smallest absolute Gasteiger partial charge is 0.208 e. The van der Waals surface area contributed by atoms with Crippen LogP contribution in [0.5, 0.6) is 0 Å². The Morgan fingerprint density at radius 1 is 0.429 bits per heavy atom. The normalized spacial score (nSPS) is 11.0. The molecule has 166 valence electrons. The molecule has 5 aromatic carbocycles. The molecule has 0 radical (unpaired) electrons. The summed E-state index contributed by atoms with van der Waals surface area (Å²) < 4.78 is 0. The fourth-order valence-electron chi connectivity index (χ4n) is 4.42. The molecule has 0 saturated heterocycles. The molecule has 6 rings (SSSR count). The van der Waals surface area contributed by atoms with Crippen LogP contribution in [0.25, 0.3) is 55.8 Å². The number of fused-ring (bicyclic) bond motifs is 1. The summed E-state index contributed by atoms with van der Waals surface area (Å²) in [5, 5.41) is 2.47. The summed E-state index contributed by atoms with van der Waals surface area (Å²) in [5.74, 6) is 1.10. The molecular formula is C31H20ClN3. The Kier molecular flexibility index (Phi) is 5.53. The van der Waals surface area contributed by atoms with Crippen molar-refractivity contribution in [2.75, 3.05) is 0 Å². The van der Waals surface area contributed by atoms with E-state index in [1.807, 2.05) is 54.6 Å². The van der Waals surface area contributed by atoms with Gasteiger partial charge in [-0.2, -0.15) is 9.97 Å². The van der Waals surface area contributed by atoms with E-state index in [2.05, 4.69) is 76.7 Å². The summed E-state index contributed by atoms with van der Waals surface area (Å²) in [7, 11) is 0. The van der Waals surface area contributed by atoms with Crippen LogP contribution in [-0.2, 0) is 0 Å². The fourth-order valence-corrected chi connectivity index (χ4v) is 4.58. The molecule has 6 aromatic rings. The molecule has 0 aliphatic heterocycles. The first-order valence-electron chi connectivity index (χ1n) is 11.4. The Morgan fingerprint density at radius 3 is 1.74 bits per heavy atom. The maximum absolute atomic E-state index is 6.43. The molecule has 0 saturated carbocycles. The molecular weight excluding hydrogens is 450 g/mol. The summed E-state index contributed by atoms with van der Waals surface area (Å²) in [6.45, 7) is 0. The topological polar surface area (TPSA) is 38.7 Å². The Morgan fingerprint density at radius 2 is 1.00 bits per heavy atom. The lowest BCUT2D eigenvalue weighted by Gasteiger charge is -2.14. The molecule has 0 spiro atoms. The van der Waals surface area contributed by atoms with Crippen LogP contribution in [0, 0.1) is 0 Å². The molecule has 0 atom stereocenters. The van der Waals surface area contributed by atoms with E-state index in [0.717, 1.165) is 44.2 Å². The van der Waals surface area contributed by atoms with E-state index in [-0.39, 0.29) is 5.28 Å². The second-order valence-corrected chi connectivity index (χ2v) is 8.61. The molecule has 0 aliphatic rings. The van der Waals surface area contributed by atoms with E-state index in [1.54, 1.807) is 0 Å². The van der Waals surface area contributed by atoms with Gasteiger partial charge in [0, 0.05) is 16.7 Å². The Bertz CT molecular complexity index is 1630. The molecule has 1 heterocycles. The van der Waals surface area contributed by atoms with Crippen LogP contribution < -0.4 is 0 Å². The van der Waals surface area contributed by atoms with Gasteiger partial charge in [-0.15, -0.1) is 0 Å². The molecule has 0 aliphatic carbocycles. The predicted molar refractivity (Wildman–Crippen MR) is 144 cm³/mol. The van der Waals surface area contributed by atoms with Gasteiger partial charge in [-0.25, -0.2) is 4.98 Å². The van der Waals surface area contributed by atoms with Gasteiger partial charge in [-0.05, 0) is 45.1 Å². The van der Waals surface area contributed by atoms with Crippen LogP contribution in [-0.4, -0.2) is 15.0 Å². The van der Waals surface area contributed by atoms with Gasteiger partial charge in [0.15, 0.2) is 11.6 Å². The van der Waals surface area contributed by atoms with E-state index in [9.17, 15) is 0 Å². The zero-order chi connectivity index (χ0) is 23.6. The summed E-state index contributed by atoms with van der Waals surface area (Å²) in [5.41, 5.74) is 6.28. The number of rotatable bonds is 4. The molecule has 1 aromatic heterocycles. The van der Waals surface area contributed by atoms with Gasteiger partial charge < -0.3 is 0 Å². The summed E-state index contributed by atoms with van der Waals surface area (Å²) in [4.78, 5) is 13.8. The second-order valence-electron chi connectivity index (χ2n) is 8.27. The van der Waals surface area contributed by atoms with Crippen LogP contribution in [0.4, 0.5) is 0 Å². The molecule has 0 bridgehead atoms. The van der Waals surface area contributed by atoms with Crippen molar-refractivity contribution in [1.29, 1.82) is 0 Å².